The number of rotatable bonds is 5. The fourth-order valence-corrected chi connectivity index (χ4v) is 3.87. The number of hydrogen-bond donors (Lipinski definition) is 0. The average Bonchev–Trinajstić information content (AvgIpc) is 3.23. The van der Waals surface area contributed by atoms with Gasteiger partial charge in [0.15, 0.2) is 0 Å². The maximum atomic E-state index is 13.0. The number of likely N-dealkylation sites (tertiary alicyclic amines) is 2. The van der Waals surface area contributed by atoms with Crippen LogP contribution in [0, 0.1) is 5.92 Å². The van der Waals surface area contributed by atoms with Crippen molar-refractivity contribution in [3.8, 4) is 0 Å². The van der Waals surface area contributed by atoms with Crippen LogP contribution >= 0.6 is 0 Å². The van der Waals surface area contributed by atoms with E-state index in [9.17, 15) is 9.59 Å². The van der Waals surface area contributed by atoms with Gasteiger partial charge >= 0.3 is 0 Å². The molecule has 2 saturated heterocycles. The van der Waals surface area contributed by atoms with E-state index in [0.29, 0.717) is 19.5 Å². The Labute approximate surface area is 144 Å². The Bertz CT molecular complexity index is 610. The van der Waals surface area contributed by atoms with Crippen molar-refractivity contribution in [3.05, 3.63) is 24.0 Å². The SMILES string of the molecule is CN(C)CCN1C[C@@H](C(=O)N2CCC[C@@H]2c2cccn2C)CC1=O. The molecule has 6 nitrogen and oxygen atoms in total. The first-order valence-corrected chi connectivity index (χ1v) is 8.81. The number of hydrogen-bond acceptors (Lipinski definition) is 3. The highest BCUT2D eigenvalue weighted by molar-refractivity contribution is 5.89. The molecule has 6 heteroatoms. The smallest absolute Gasteiger partial charge is 0.228 e. The Hall–Kier alpha value is -1.82. The van der Waals surface area contributed by atoms with Gasteiger partial charge < -0.3 is 19.3 Å². The molecule has 2 atom stereocenters. The second-order valence-corrected chi connectivity index (χ2v) is 7.28. The lowest BCUT2D eigenvalue weighted by atomic mass is 10.1. The molecule has 0 aromatic carbocycles. The molecule has 3 rings (SSSR count). The van der Waals surface area contributed by atoms with Crippen molar-refractivity contribution in [1.29, 1.82) is 0 Å². The van der Waals surface area contributed by atoms with Crippen LogP contribution in [0.15, 0.2) is 18.3 Å². The molecule has 0 N–H and O–H groups in total. The third-order valence-electron chi connectivity index (χ3n) is 5.24. The van der Waals surface area contributed by atoms with E-state index in [4.69, 9.17) is 0 Å². The molecular weight excluding hydrogens is 304 g/mol. The Morgan fingerprint density at radius 3 is 2.83 bits per heavy atom. The van der Waals surface area contributed by atoms with Crippen LogP contribution in [-0.2, 0) is 16.6 Å². The quantitative estimate of drug-likeness (QED) is 0.811. The second-order valence-electron chi connectivity index (χ2n) is 7.28. The van der Waals surface area contributed by atoms with Gasteiger partial charge in [0.2, 0.25) is 11.8 Å². The molecule has 2 aliphatic rings. The van der Waals surface area contributed by atoms with Crippen molar-refractivity contribution in [2.24, 2.45) is 13.0 Å². The zero-order valence-corrected chi connectivity index (χ0v) is 14.9. The number of carbonyl (C=O) groups excluding carboxylic acids is 2. The van der Waals surface area contributed by atoms with Gasteiger partial charge in [0.1, 0.15) is 0 Å². The van der Waals surface area contributed by atoms with E-state index < -0.39 is 0 Å². The first kappa shape index (κ1) is 17.0. The number of carbonyl (C=O) groups is 2. The van der Waals surface area contributed by atoms with E-state index in [2.05, 4.69) is 15.5 Å². The highest BCUT2D eigenvalue weighted by Crippen LogP contribution is 2.34. The van der Waals surface area contributed by atoms with E-state index in [1.807, 2.05) is 43.2 Å². The molecule has 0 aliphatic carbocycles. The van der Waals surface area contributed by atoms with Crippen LogP contribution in [0.3, 0.4) is 0 Å². The molecule has 2 aliphatic heterocycles. The standard InChI is InChI=1S/C18H28N4O2/c1-19(2)10-11-21-13-14(12-17(21)23)18(24)22-9-5-7-16(22)15-6-4-8-20(15)3/h4,6,8,14,16H,5,7,9-13H2,1-3H3/t14-,16+/m0/s1. The van der Waals surface area contributed by atoms with Crippen molar-refractivity contribution in [2.45, 2.75) is 25.3 Å². The van der Waals surface area contributed by atoms with Crippen LogP contribution in [-0.4, -0.2) is 71.4 Å². The van der Waals surface area contributed by atoms with Gasteiger partial charge in [-0.2, -0.15) is 0 Å². The van der Waals surface area contributed by atoms with Gasteiger partial charge in [-0.15, -0.1) is 0 Å². The van der Waals surface area contributed by atoms with E-state index in [0.717, 1.165) is 25.9 Å². The summed E-state index contributed by atoms with van der Waals surface area (Å²) in [6, 6.07) is 4.28. The Balaban J connectivity index is 1.66. The van der Waals surface area contributed by atoms with E-state index >= 15 is 0 Å². The monoisotopic (exact) mass is 332 g/mol. The number of nitrogens with zero attached hydrogens (tertiary/aromatic N) is 4. The largest absolute Gasteiger partial charge is 0.353 e. The molecule has 1 aromatic heterocycles. The maximum Gasteiger partial charge on any atom is 0.228 e. The van der Waals surface area contributed by atoms with Gasteiger partial charge in [0, 0.05) is 51.5 Å². The van der Waals surface area contributed by atoms with Gasteiger partial charge in [0.05, 0.1) is 12.0 Å². The molecular formula is C18H28N4O2. The zero-order valence-electron chi connectivity index (χ0n) is 14.9. The summed E-state index contributed by atoms with van der Waals surface area (Å²) in [7, 11) is 6.02. The predicted molar refractivity (Wildman–Crippen MR) is 92.3 cm³/mol. The number of amides is 2. The molecule has 1 aromatic rings. The third-order valence-corrected chi connectivity index (χ3v) is 5.24. The summed E-state index contributed by atoms with van der Waals surface area (Å²) in [6.07, 6.45) is 4.43. The third kappa shape index (κ3) is 3.34. The summed E-state index contributed by atoms with van der Waals surface area (Å²) in [4.78, 5) is 31.1. The molecule has 24 heavy (non-hydrogen) atoms. The Morgan fingerprint density at radius 1 is 1.38 bits per heavy atom. The van der Waals surface area contributed by atoms with Crippen LogP contribution < -0.4 is 0 Å². The molecule has 0 saturated carbocycles. The summed E-state index contributed by atoms with van der Waals surface area (Å²) in [5.41, 5.74) is 1.19. The summed E-state index contributed by atoms with van der Waals surface area (Å²) >= 11 is 0. The van der Waals surface area contributed by atoms with Crippen LogP contribution in [0.25, 0.3) is 0 Å². The number of aromatic nitrogens is 1. The first-order valence-electron chi connectivity index (χ1n) is 8.81. The molecule has 0 spiro atoms. The zero-order chi connectivity index (χ0) is 17.3. The van der Waals surface area contributed by atoms with Crippen LogP contribution in [0.1, 0.15) is 31.0 Å². The first-order chi connectivity index (χ1) is 11.5. The Morgan fingerprint density at radius 2 is 2.17 bits per heavy atom. The topological polar surface area (TPSA) is 48.8 Å². The molecule has 0 bridgehead atoms. The van der Waals surface area contributed by atoms with Crippen molar-refractivity contribution in [3.63, 3.8) is 0 Å². The number of aryl methyl sites for hydroxylation is 1. The van der Waals surface area contributed by atoms with E-state index in [1.54, 1.807) is 0 Å². The molecule has 132 valence electrons. The van der Waals surface area contributed by atoms with E-state index in [-0.39, 0.29) is 23.8 Å². The molecule has 2 amide bonds. The van der Waals surface area contributed by atoms with Crippen molar-refractivity contribution in [2.75, 3.05) is 40.3 Å². The molecule has 3 heterocycles. The fraction of sp³-hybridized carbons (Fsp3) is 0.667. The summed E-state index contributed by atoms with van der Waals surface area (Å²) in [5.74, 6) is 0.0877. The lowest BCUT2D eigenvalue weighted by Crippen LogP contribution is -2.38. The number of likely N-dealkylation sites (N-methyl/N-ethyl adjacent to an activating group) is 1. The minimum Gasteiger partial charge on any atom is -0.353 e. The summed E-state index contributed by atoms with van der Waals surface area (Å²) < 4.78 is 2.10. The lowest BCUT2D eigenvalue weighted by Gasteiger charge is -2.28. The van der Waals surface area contributed by atoms with Crippen LogP contribution in [0.2, 0.25) is 0 Å². The van der Waals surface area contributed by atoms with Gasteiger partial charge in [-0.05, 0) is 39.1 Å². The van der Waals surface area contributed by atoms with Crippen LogP contribution in [0.5, 0.6) is 0 Å². The van der Waals surface area contributed by atoms with Crippen molar-refractivity contribution < 1.29 is 9.59 Å². The van der Waals surface area contributed by atoms with Crippen molar-refractivity contribution >= 4 is 11.8 Å². The highest BCUT2D eigenvalue weighted by Gasteiger charge is 2.40. The van der Waals surface area contributed by atoms with Gasteiger partial charge in [-0.3, -0.25) is 9.59 Å². The molecule has 2 fully saturated rings. The molecule has 0 radical (unpaired) electrons. The normalized spacial score (nSPS) is 24.4. The Kier molecular flexibility index (Phi) is 4.94. The molecule has 0 unspecified atom stereocenters. The average molecular weight is 332 g/mol. The van der Waals surface area contributed by atoms with Crippen LogP contribution in [0.4, 0.5) is 0 Å². The predicted octanol–water partition coefficient (Wildman–Crippen LogP) is 1.10. The minimum atomic E-state index is -0.180. The highest BCUT2D eigenvalue weighted by atomic mass is 16.2. The van der Waals surface area contributed by atoms with Gasteiger partial charge in [-0.25, -0.2) is 0 Å². The maximum absolute atomic E-state index is 13.0. The van der Waals surface area contributed by atoms with Gasteiger partial charge in [0.25, 0.3) is 0 Å². The summed E-state index contributed by atoms with van der Waals surface area (Å²) in [5, 5.41) is 0. The summed E-state index contributed by atoms with van der Waals surface area (Å²) in [6.45, 7) is 2.91. The lowest BCUT2D eigenvalue weighted by molar-refractivity contribution is -0.136. The van der Waals surface area contributed by atoms with E-state index in [1.165, 1.54) is 5.69 Å². The second kappa shape index (κ2) is 6.97. The fourth-order valence-electron chi connectivity index (χ4n) is 3.87. The van der Waals surface area contributed by atoms with Crippen molar-refractivity contribution in [1.82, 2.24) is 19.3 Å². The van der Waals surface area contributed by atoms with Gasteiger partial charge in [-0.1, -0.05) is 0 Å². The minimum absolute atomic E-state index is 0.116.